The van der Waals surface area contributed by atoms with Gasteiger partial charge in [0.25, 0.3) is 5.91 Å². The van der Waals surface area contributed by atoms with Gasteiger partial charge in [0, 0.05) is 19.3 Å². The lowest BCUT2D eigenvalue weighted by Crippen LogP contribution is -2.33. The average Bonchev–Trinajstić information content (AvgIpc) is 2.79. The minimum atomic E-state index is -0.309. The molecular formula is C26H31N3O. The highest BCUT2D eigenvalue weighted by atomic mass is 16.1. The van der Waals surface area contributed by atoms with Gasteiger partial charge in [0.05, 0.1) is 6.04 Å². The quantitative estimate of drug-likeness (QED) is 0.536. The number of nitrogens with one attached hydrogen (secondary N) is 1. The second-order valence-corrected chi connectivity index (χ2v) is 8.11. The molecule has 1 amide bonds. The van der Waals surface area contributed by atoms with E-state index in [-0.39, 0.29) is 17.5 Å². The van der Waals surface area contributed by atoms with Crippen LogP contribution in [0.5, 0.6) is 0 Å². The Labute approximate surface area is 180 Å². The van der Waals surface area contributed by atoms with Crippen molar-refractivity contribution in [2.45, 2.75) is 45.6 Å². The maximum Gasteiger partial charge on any atom is 0.263 e. The molecule has 156 valence electrons. The number of hydrogen-bond donors (Lipinski definition) is 1. The van der Waals surface area contributed by atoms with Gasteiger partial charge in [-0.1, -0.05) is 61.5 Å². The summed E-state index contributed by atoms with van der Waals surface area (Å²) in [5.41, 5.74) is 3.86. The largest absolute Gasteiger partial charge is 0.376 e. The fourth-order valence-electron chi connectivity index (χ4n) is 3.95. The maximum absolute atomic E-state index is 12.6. The van der Waals surface area contributed by atoms with E-state index in [1.54, 1.807) is 6.20 Å². The summed E-state index contributed by atoms with van der Waals surface area (Å²) < 4.78 is 0. The lowest BCUT2D eigenvalue weighted by Gasteiger charge is -2.31. The lowest BCUT2D eigenvalue weighted by molar-refractivity contribution is -0.117. The van der Waals surface area contributed by atoms with Crippen LogP contribution in [-0.4, -0.2) is 23.9 Å². The van der Waals surface area contributed by atoms with Crippen molar-refractivity contribution in [3.63, 3.8) is 0 Å². The molecule has 2 aromatic carbocycles. The second-order valence-electron chi connectivity index (χ2n) is 8.11. The first-order chi connectivity index (χ1) is 14.6. The van der Waals surface area contributed by atoms with Crippen molar-refractivity contribution in [2.75, 3.05) is 13.1 Å². The number of nitriles is 1. The van der Waals surface area contributed by atoms with Crippen LogP contribution in [0.3, 0.4) is 0 Å². The third-order valence-electron chi connectivity index (χ3n) is 5.93. The number of hydrogen-bond acceptors (Lipinski definition) is 3. The van der Waals surface area contributed by atoms with Crippen molar-refractivity contribution in [3.8, 4) is 6.07 Å². The topological polar surface area (TPSA) is 56.1 Å². The molecule has 0 spiro atoms. The number of likely N-dealkylation sites (tertiary alicyclic amines) is 1. The highest BCUT2D eigenvalue weighted by molar-refractivity contribution is 5.97. The van der Waals surface area contributed by atoms with E-state index in [1.165, 1.54) is 11.1 Å². The monoisotopic (exact) mass is 401 g/mol. The summed E-state index contributed by atoms with van der Waals surface area (Å²) in [6, 6.07) is 20.8. The van der Waals surface area contributed by atoms with Gasteiger partial charge >= 0.3 is 0 Å². The Hall–Kier alpha value is -3.06. The molecule has 1 unspecified atom stereocenters. The van der Waals surface area contributed by atoms with Gasteiger partial charge in [-0.2, -0.15) is 5.26 Å². The summed E-state index contributed by atoms with van der Waals surface area (Å²) in [5.74, 6) is 0.346. The summed E-state index contributed by atoms with van der Waals surface area (Å²) in [4.78, 5) is 14.7. The van der Waals surface area contributed by atoms with Crippen LogP contribution in [0.1, 0.15) is 49.4 Å². The van der Waals surface area contributed by atoms with Crippen molar-refractivity contribution in [1.82, 2.24) is 10.2 Å². The fourth-order valence-corrected chi connectivity index (χ4v) is 3.95. The summed E-state index contributed by atoms with van der Waals surface area (Å²) in [6.07, 6.45) is 5.97. The highest BCUT2D eigenvalue weighted by Crippen LogP contribution is 2.22. The van der Waals surface area contributed by atoms with Crippen LogP contribution >= 0.6 is 0 Å². The first kappa shape index (κ1) is 21.6. The van der Waals surface area contributed by atoms with Gasteiger partial charge in [0.15, 0.2) is 0 Å². The molecule has 3 rings (SSSR count). The first-order valence-electron chi connectivity index (χ1n) is 10.9. The number of nitrogens with zero attached hydrogens (tertiary/aromatic N) is 2. The number of benzene rings is 2. The van der Waals surface area contributed by atoms with Crippen LogP contribution in [0.25, 0.3) is 0 Å². The third-order valence-corrected chi connectivity index (χ3v) is 5.93. The molecule has 4 heteroatoms. The molecule has 1 aliphatic rings. The van der Waals surface area contributed by atoms with Crippen molar-refractivity contribution in [1.29, 1.82) is 5.26 Å². The second kappa shape index (κ2) is 10.6. The van der Waals surface area contributed by atoms with Crippen molar-refractivity contribution >= 4 is 5.91 Å². The molecule has 1 fully saturated rings. The van der Waals surface area contributed by atoms with E-state index >= 15 is 0 Å². The average molecular weight is 402 g/mol. The number of piperidine rings is 1. The number of aryl methyl sites for hydroxylation is 1. The van der Waals surface area contributed by atoms with Crippen LogP contribution in [0, 0.1) is 17.2 Å². The SMILES string of the molecule is CCc1ccc(C(C)NC(=O)/C(C#N)=C\N2CCC(Cc3ccccc3)CC2)cc1. The van der Waals surface area contributed by atoms with E-state index in [1.807, 2.05) is 25.1 Å². The molecule has 0 aromatic heterocycles. The van der Waals surface area contributed by atoms with Gasteiger partial charge in [-0.25, -0.2) is 0 Å². The minimum Gasteiger partial charge on any atom is -0.376 e. The molecule has 4 nitrogen and oxygen atoms in total. The van der Waals surface area contributed by atoms with E-state index in [0.29, 0.717) is 5.92 Å². The number of rotatable bonds is 7. The molecule has 0 aliphatic carbocycles. The molecule has 1 N–H and O–H groups in total. The summed E-state index contributed by atoms with van der Waals surface area (Å²) in [6.45, 7) is 5.82. The first-order valence-corrected chi connectivity index (χ1v) is 10.9. The van der Waals surface area contributed by atoms with Crippen LogP contribution in [0.15, 0.2) is 66.4 Å². The van der Waals surface area contributed by atoms with Gasteiger partial charge in [0.2, 0.25) is 0 Å². The van der Waals surface area contributed by atoms with Crippen molar-refractivity contribution < 1.29 is 4.79 Å². The van der Waals surface area contributed by atoms with Gasteiger partial charge in [-0.15, -0.1) is 0 Å². The van der Waals surface area contributed by atoms with Gasteiger partial charge in [-0.05, 0) is 55.2 Å². The van der Waals surface area contributed by atoms with Crippen molar-refractivity contribution in [2.24, 2.45) is 5.92 Å². The van der Waals surface area contributed by atoms with Gasteiger partial charge in [-0.3, -0.25) is 4.79 Å². The third kappa shape index (κ3) is 5.97. The zero-order valence-corrected chi connectivity index (χ0v) is 18.0. The van der Waals surface area contributed by atoms with Crippen LogP contribution in [-0.2, 0) is 17.6 Å². The molecule has 0 radical (unpaired) electrons. The van der Waals surface area contributed by atoms with Crippen LogP contribution < -0.4 is 5.32 Å². The predicted molar refractivity (Wildman–Crippen MR) is 121 cm³/mol. The van der Waals surface area contributed by atoms with Gasteiger partial charge in [0.1, 0.15) is 11.6 Å². The Bertz CT molecular complexity index is 888. The minimum absolute atomic E-state index is 0.142. The molecule has 2 aromatic rings. The highest BCUT2D eigenvalue weighted by Gasteiger charge is 2.20. The fraction of sp³-hybridized carbons (Fsp3) is 0.385. The Kier molecular flexibility index (Phi) is 7.68. The number of carbonyl (C=O) groups is 1. The number of amides is 1. The Morgan fingerprint density at radius 3 is 2.40 bits per heavy atom. The van der Waals surface area contributed by atoms with Crippen LogP contribution in [0.2, 0.25) is 0 Å². The Morgan fingerprint density at radius 2 is 1.80 bits per heavy atom. The standard InChI is InChI=1S/C26H31N3O/c1-3-21-9-11-24(12-10-21)20(2)28-26(30)25(18-27)19-29-15-13-23(14-16-29)17-22-7-5-4-6-8-22/h4-12,19-20,23H,3,13-17H2,1-2H3,(H,28,30)/b25-19-. The Balaban J connectivity index is 1.53. The normalized spacial score (nSPS) is 16.0. The van der Waals surface area contributed by atoms with E-state index in [2.05, 4.69) is 59.6 Å². The van der Waals surface area contributed by atoms with E-state index in [9.17, 15) is 10.1 Å². The lowest BCUT2D eigenvalue weighted by atomic mass is 9.90. The maximum atomic E-state index is 12.6. The molecule has 1 heterocycles. The summed E-state index contributed by atoms with van der Waals surface area (Å²) in [5, 5.41) is 12.5. The van der Waals surface area contributed by atoms with E-state index < -0.39 is 0 Å². The van der Waals surface area contributed by atoms with Crippen molar-refractivity contribution in [3.05, 3.63) is 83.1 Å². The zero-order valence-electron chi connectivity index (χ0n) is 18.0. The molecular weight excluding hydrogens is 370 g/mol. The number of carbonyl (C=O) groups excluding carboxylic acids is 1. The summed E-state index contributed by atoms with van der Waals surface area (Å²) in [7, 11) is 0. The molecule has 1 atom stereocenters. The Morgan fingerprint density at radius 1 is 1.13 bits per heavy atom. The molecule has 30 heavy (non-hydrogen) atoms. The smallest absolute Gasteiger partial charge is 0.263 e. The zero-order chi connectivity index (χ0) is 21.3. The molecule has 1 aliphatic heterocycles. The predicted octanol–water partition coefficient (Wildman–Crippen LogP) is 4.79. The summed E-state index contributed by atoms with van der Waals surface area (Å²) >= 11 is 0. The molecule has 1 saturated heterocycles. The molecule has 0 bridgehead atoms. The van der Waals surface area contributed by atoms with Gasteiger partial charge < -0.3 is 10.2 Å². The van der Waals surface area contributed by atoms with E-state index in [0.717, 1.165) is 44.3 Å². The van der Waals surface area contributed by atoms with Crippen LogP contribution in [0.4, 0.5) is 0 Å². The molecule has 0 saturated carbocycles. The van der Waals surface area contributed by atoms with E-state index in [4.69, 9.17) is 0 Å².